The summed E-state index contributed by atoms with van der Waals surface area (Å²) in [5, 5.41) is 3.11. The number of imidazole rings is 1. The molecule has 12 heteroatoms. The highest BCUT2D eigenvalue weighted by Crippen LogP contribution is 2.47. The van der Waals surface area contributed by atoms with E-state index in [0.29, 0.717) is 49.0 Å². The van der Waals surface area contributed by atoms with Gasteiger partial charge in [0.1, 0.15) is 23.7 Å². The number of anilines is 1. The van der Waals surface area contributed by atoms with E-state index < -0.39 is 19.0 Å². The largest absolute Gasteiger partial charge is 0.464 e. The van der Waals surface area contributed by atoms with Gasteiger partial charge in [0.25, 0.3) is 0 Å². The zero-order valence-electron chi connectivity index (χ0n) is 24.0. The zero-order chi connectivity index (χ0) is 28.8. The summed E-state index contributed by atoms with van der Waals surface area (Å²) in [5.74, 6) is 0.264. The highest BCUT2D eigenvalue weighted by Gasteiger charge is 2.40. The van der Waals surface area contributed by atoms with Gasteiger partial charge >= 0.3 is 5.97 Å². The lowest BCUT2D eigenvalue weighted by molar-refractivity contribution is -0.149. The van der Waals surface area contributed by atoms with Gasteiger partial charge < -0.3 is 19.8 Å². The van der Waals surface area contributed by atoms with E-state index in [2.05, 4.69) is 46.0 Å². The van der Waals surface area contributed by atoms with Gasteiger partial charge in [0, 0.05) is 6.54 Å². The summed E-state index contributed by atoms with van der Waals surface area (Å²) in [5.41, 5.74) is 8.07. The fraction of sp³-hybridized carbons (Fsp3) is 0.556. The van der Waals surface area contributed by atoms with Gasteiger partial charge in [0.15, 0.2) is 11.5 Å². The van der Waals surface area contributed by atoms with Crippen molar-refractivity contribution in [2.75, 3.05) is 25.7 Å². The van der Waals surface area contributed by atoms with Gasteiger partial charge in [-0.1, -0.05) is 45.0 Å². The van der Waals surface area contributed by atoms with Crippen LogP contribution in [0.25, 0.3) is 11.2 Å². The van der Waals surface area contributed by atoms with Crippen molar-refractivity contribution in [3.05, 3.63) is 48.0 Å². The minimum atomic E-state index is -3.42. The molecule has 3 N–H and O–H groups in total. The Bertz CT molecular complexity index is 1290. The third-order valence-electron chi connectivity index (χ3n) is 6.43. The van der Waals surface area contributed by atoms with Crippen LogP contribution in [0.2, 0.25) is 0 Å². The van der Waals surface area contributed by atoms with E-state index in [9.17, 15) is 9.36 Å². The monoisotopic (exact) mass is 559 g/mol. The predicted molar refractivity (Wildman–Crippen MR) is 153 cm³/mol. The van der Waals surface area contributed by atoms with E-state index >= 15 is 0 Å². The maximum Gasteiger partial charge on any atom is 0.326 e. The van der Waals surface area contributed by atoms with E-state index in [1.54, 1.807) is 31.9 Å². The topological polar surface area (TPSA) is 137 Å². The summed E-state index contributed by atoms with van der Waals surface area (Å²) in [6.07, 6.45) is 3.26. The number of esters is 1. The maximum absolute atomic E-state index is 14.5. The third-order valence-corrected chi connectivity index (χ3v) is 9.08. The summed E-state index contributed by atoms with van der Waals surface area (Å²) >= 11 is 0. The first-order valence-electron chi connectivity index (χ1n) is 13.3. The quantitative estimate of drug-likeness (QED) is 0.214. The summed E-state index contributed by atoms with van der Waals surface area (Å²) in [4.78, 5) is 25.3. The fourth-order valence-electron chi connectivity index (χ4n) is 4.05. The number of fused-ring (bicyclic) bond motifs is 1. The van der Waals surface area contributed by atoms with Gasteiger partial charge in [0.05, 0.1) is 25.6 Å². The van der Waals surface area contributed by atoms with Gasteiger partial charge in [-0.05, 0) is 51.3 Å². The molecule has 0 unspecified atom stereocenters. The van der Waals surface area contributed by atoms with Crippen LogP contribution < -0.4 is 10.8 Å². The summed E-state index contributed by atoms with van der Waals surface area (Å²) < 4.78 is 29.5. The van der Waals surface area contributed by atoms with Gasteiger partial charge in [-0.2, -0.15) is 0 Å². The molecule has 0 radical (unpaired) electrons. The van der Waals surface area contributed by atoms with Gasteiger partial charge in [-0.15, -0.1) is 0 Å². The number of nitrogens with two attached hydrogens (primary N) is 1. The smallest absolute Gasteiger partial charge is 0.326 e. The van der Waals surface area contributed by atoms with Crippen molar-refractivity contribution in [1.29, 1.82) is 0 Å². The molecule has 1 aromatic carbocycles. The number of carbonyl (C=O) groups excluding carboxylic acids is 1. The number of carbonyl (C=O) groups is 1. The van der Waals surface area contributed by atoms with Crippen LogP contribution in [0.15, 0.2) is 36.9 Å². The number of nitrogens with one attached hydrogen (secondary N) is 1. The first-order chi connectivity index (χ1) is 18.4. The lowest BCUT2D eigenvalue weighted by Crippen LogP contribution is -2.48. The normalized spacial score (nSPS) is 14.6. The number of ether oxygens (including phenoxy) is 2. The summed E-state index contributed by atoms with van der Waals surface area (Å²) in [7, 11) is -1.65. The average Bonchev–Trinajstić information content (AvgIpc) is 3.30. The Morgan fingerprint density at radius 1 is 1.18 bits per heavy atom. The number of rotatable bonds is 14. The van der Waals surface area contributed by atoms with E-state index in [-0.39, 0.29) is 12.5 Å². The Morgan fingerprint density at radius 2 is 1.87 bits per heavy atom. The van der Waals surface area contributed by atoms with Crippen molar-refractivity contribution in [1.82, 2.24) is 29.3 Å². The molecule has 0 amide bonds. The second-order valence-corrected chi connectivity index (χ2v) is 13.3. The Balaban J connectivity index is 1.78. The molecule has 11 nitrogen and oxygen atoms in total. The minimum Gasteiger partial charge on any atom is -0.464 e. The van der Waals surface area contributed by atoms with Crippen molar-refractivity contribution >= 4 is 30.4 Å². The Kier molecular flexibility index (Phi) is 10.2. The molecule has 0 fully saturated rings. The molecule has 0 aliphatic rings. The molecule has 0 saturated heterocycles. The fourth-order valence-corrected chi connectivity index (χ4v) is 6.30. The summed E-state index contributed by atoms with van der Waals surface area (Å²) in [6, 6.07) is 8.25. The Morgan fingerprint density at radius 3 is 2.51 bits per heavy atom. The maximum atomic E-state index is 14.5. The van der Waals surface area contributed by atoms with E-state index in [4.69, 9.17) is 15.2 Å². The van der Waals surface area contributed by atoms with Crippen LogP contribution in [-0.2, 0) is 31.9 Å². The number of nitrogen functional groups attached to an aromatic ring is 1. The lowest BCUT2D eigenvalue weighted by Gasteiger charge is -2.35. The second-order valence-electron chi connectivity index (χ2n) is 10.7. The first-order valence-corrected chi connectivity index (χ1v) is 15.1. The second kappa shape index (κ2) is 13.0. The number of hydrogen-bond acceptors (Lipinski definition) is 8. The highest BCUT2D eigenvalue weighted by molar-refractivity contribution is 7.59. The van der Waals surface area contributed by atoms with E-state index in [1.165, 1.54) is 11.9 Å². The molecule has 0 aliphatic heterocycles. The van der Waals surface area contributed by atoms with Crippen LogP contribution in [-0.4, -0.2) is 61.8 Å². The van der Waals surface area contributed by atoms with Crippen molar-refractivity contribution in [2.45, 2.75) is 78.6 Å². The van der Waals surface area contributed by atoms with Gasteiger partial charge in [-0.3, -0.25) is 9.36 Å². The van der Waals surface area contributed by atoms with Crippen molar-refractivity contribution in [2.24, 2.45) is 0 Å². The molecule has 2 atom stereocenters. The van der Waals surface area contributed by atoms with Crippen LogP contribution in [0, 0.1) is 0 Å². The summed E-state index contributed by atoms with van der Waals surface area (Å²) in [6.45, 7) is 12.6. The molecular weight excluding hydrogens is 517 g/mol. The molecule has 3 rings (SSSR count). The van der Waals surface area contributed by atoms with E-state index in [1.807, 2.05) is 30.5 Å². The molecule has 2 heterocycles. The van der Waals surface area contributed by atoms with Gasteiger partial charge in [0.2, 0.25) is 7.44 Å². The molecule has 2 aromatic heterocycles. The zero-order valence-corrected chi connectivity index (χ0v) is 24.9. The molecule has 0 aliphatic carbocycles. The van der Waals surface area contributed by atoms with Crippen molar-refractivity contribution in [3.63, 3.8) is 0 Å². The number of aromatic nitrogens is 4. The van der Waals surface area contributed by atoms with Crippen LogP contribution in [0.4, 0.5) is 5.82 Å². The van der Waals surface area contributed by atoms with Gasteiger partial charge in [-0.25, -0.2) is 24.7 Å². The minimum absolute atomic E-state index is 0.122. The number of nitrogens with zero attached hydrogens (tertiary/aromatic N) is 5. The standard InChI is InChI=1S/C27H42N7O4P/c1-8-13-37-26(35)27(5,6)32-39(36,33(7)15-21-9-11-22(12-10-21)19(2)3)18-38-20(4)14-34-17-31-23-24(28)29-16-30-25(23)34/h9-12,16-17,19-20H,8,13-15,18H2,1-7H3,(H,32,36)(H2,28,29,30)/t20-,39+/m1/s1. The molecule has 3 aromatic rings. The Hall–Kier alpha value is -2.85. The molecule has 214 valence electrons. The predicted octanol–water partition coefficient (Wildman–Crippen LogP) is 4.54. The number of hydrogen-bond donors (Lipinski definition) is 2. The molecule has 0 saturated carbocycles. The van der Waals surface area contributed by atoms with Crippen LogP contribution in [0.1, 0.15) is 65.0 Å². The highest BCUT2D eigenvalue weighted by atomic mass is 31.2. The number of benzene rings is 1. The van der Waals surface area contributed by atoms with Crippen molar-refractivity contribution < 1.29 is 18.8 Å². The SMILES string of the molecule is CCCOC(=O)C(C)(C)N[P@@](=O)(CO[C@H](C)Cn1cnc2c(N)ncnc21)N(C)Cc1ccc(C(C)C)cc1. The Labute approximate surface area is 231 Å². The van der Waals surface area contributed by atoms with Crippen molar-refractivity contribution in [3.8, 4) is 0 Å². The van der Waals surface area contributed by atoms with Crippen LogP contribution >= 0.6 is 7.44 Å². The first kappa shape index (κ1) is 30.7. The molecule has 0 spiro atoms. The van der Waals surface area contributed by atoms with E-state index in [0.717, 1.165) is 5.56 Å². The van der Waals surface area contributed by atoms with Crippen LogP contribution in [0.5, 0.6) is 0 Å². The lowest BCUT2D eigenvalue weighted by atomic mass is 10.0. The molecule has 39 heavy (non-hydrogen) atoms. The molecule has 0 bridgehead atoms. The molecular formula is C27H42N7O4P. The third kappa shape index (κ3) is 7.85. The van der Waals surface area contributed by atoms with Crippen LogP contribution in [0.3, 0.4) is 0 Å². The average molecular weight is 560 g/mol.